The molecule has 0 radical (unpaired) electrons. The van der Waals surface area contributed by atoms with Gasteiger partial charge in [0.1, 0.15) is 24.7 Å². The number of likely N-dealkylation sites (N-methyl/N-ethyl adjacent to an activating group) is 1. The number of rotatable bonds is 8. The van der Waals surface area contributed by atoms with E-state index in [9.17, 15) is 0 Å². The van der Waals surface area contributed by atoms with Crippen molar-refractivity contribution in [2.45, 2.75) is 20.8 Å². The summed E-state index contributed by atoms with van der Waals surface area (Å²) in [5.74, 6) is 1.81. The molecule has 0 amide bonds. The molecule has 26 heavy (non-hydrogen) atoms. The second-order valence-corrected chi connectivity index (χ2v) is 6.49. The first-order valence-corrected chi connectivity index (χ1v) is 9.22. The molecule has 140 valence electrons. The second kappa shape index (κ2) is 9.37. The Labute approximate surface area is 173 Å². The van der Waals surface area contributed by atoms with Crippen LogP contribution in [0.15, 0.2) is 48.5 Å². The summed E-state index contributed by atoms with van der Waals surface area (Å²) in [5, 5.41) is 0. The first kappa shape index (κ1) is 20.7. The van der Waals surface area contributed by atoms with E-state index in [0.717, 1.165) is 65.4 Å². The smallest absolute Gasteiger partial charge is 0.138 e. The summed E-state index contributed by atoms with van der Waals surface area (Å²) < 4.78 is 7.08. The highest BCUT2D eigenvalue weighted by Gasteiger charge is 2.20. The number of quaternary nitrogens is 1. The fraction of sp³-hybridized carbons (Fsp3) is 0.381. The molecule has 0 unspecified atom stereocenters. The molecule has 0 aliphatic carbocycles. The maximum Gasteiger partial charge on any atom is 0.138 e. The van der Waals surface area contributed by atoms with Gasteiger partial charge in [-0.15, -0.1) is 0 Å². The summed E-state index contributed by atoms with van der Waals surface area (Å²) in [6.45, 7) is 12.0. The highest BCUT2D eigenvalue weighted by molar-refractivity contribution is 5.79. The first-order valence-electron chi connectivity index (χ1n) is 9.22. The summed E-state index contributed by atoms with van der Waals surface area (Å²) in [6, 6.07) is 16.3. The molecule has 0 aliphatic rings. The summed E-state index contributed by atoms with van der Waals surface area (Å²) in [5.41, 5.74) is 3.13. The SMILES string of the molecule is CC[N+](CC)(CC)CCOc1ccc(-c2nc3ccccc3[nH]2)cc1.[I-]. The van der Waals surface area contributed by atoms with Gasteiger partial charge in [-0.3, -0.25) is 0 Å². The normalized spacial score (nSPS) is 11.3. The number of para-hydroxylation sites is 2. The van der Waals surface area contributed by atoms with Crippen LogP contribution in [0.5, 0.6) is 5.75 Å². The van der Waals surface area contributed by atoms with Crippen LogP contribution >= 0.6 is 0 Å². The molecule has 0 fully saturated rings. The van der Waals surface area contributed by atoms with Crippen molar-refractivity contribution in [3.05, 3.63) is 48.5 Å². The van der Waals surface area contributed by atoms with Crippen LogP contribution in [0.25, 0.3) is 22.4 Å². The fourth-order valence-electron chi connectivity index (χ4n) is 3.30. The van der Waals surface area contributed by atoms with Crippen molar-refractivity contribution in [3.8, 4) is 17.1 Å². The Morgan fingerprint density at radius 1 is 0.923 bits per heavy atom. The van der Waals surface area contributed by atoms with Crippen molar-refractivity contribution in [1.29, 1.82) is 0 Å². The molecule has 1 N–H and O–H groups in total. The number of H-pyrrole nitrogens is 1. The van der Waals surface area contributed by atoms with Crippen LogP contribution in [0.4, 0.5) is 0 Å². The van der Waals surface area contributed by atoms with Gasteiger partial charge in [-0.05, 0) is 57.2 Å². The topological polar surface area (TPSA) is 37.9 Å². The number of hydrogen-bond acceptors (Lipinski definition) is 2. The monoisotopic (exact) mass is 465 g/mol. The van der Waals surface area contributed by atoms with E-state index < -0.39 is 0 Å². The third-order valence-electron chi connectivity index (χ3n) is 5.36. The number of nitrogens with one attached hydrogen (secondary N) is 1. The number of ether oxygens (including phenoxy) is 1. The van der Waals surface area contributed by atoms with E-state index in [0.29, 0.717) is 0 Å². The molecule has 0 spiro atoms. The molecule has 0 atom stereocenters. The lowest BCUT2D eigenvalue weighted by atomic mass is 10.2. The number of fused-ring (bicyclic) bond motifs is 1. The molecular weight excluding hydrogens is 437 g/mol. The molecule has 3 rings (SSSR count). The van der Waals surface area contributed by atoms with Gasteiger partial charge in [0.05, 0.1) is 30.7 Å². The van der Waals surface area contributed by atoms with Crippen molar-refractivity contribution < 1.29 is 33.2 Å². The molecule has 5 heteroatoms. The molecular formula is C21H28IN3O. The minimum Gasteiger partial charge on any atom is -1.00 e. The largest absolute Gasteiger partial charge is 1.00 e. The van der Waals surface area contributed by atoms with E-state index in [1.54, 1.807) is 0 Å². The molecule has 0 aliphatic heterocycles. The highest BCUT2D eigenvalue weighted by Crippen LogP contribution is 2.23. The lowest BCUT2D eigenvalue weighted by molar-refractivity contribution is -0.923. The number of halogens is 1. The number of aromatic amines is 1. The van der Waals surface area contributed by atoms with Crippen molar-refractivity contribution in [2.24, 2.45) is 0 Å². The Hall–Kier alpha value is -1.60. The van der Waals surface area contributed by atoms with Crippen LogP contribution in [-0.2, 0) is 0 Å². The molecule has 4 nitrogen and oxygen atoms in total. The number of hydrogen-bond donors (Lipinski definition) is 1. The van der Waals surface area contributed by atoms with Gasteiger partial charge in [-0.2, -0.15) is 0 Å². The second-order valence-electron chi connectivity index (χ2n) is 6.49. The standard InChI is InChI=1S/C21H28N3O.HI/c1-4-24(5-2,6-3)15-16-25-18-13-11-17(12-14-18)21-22-19-9-7-8-10-20(19)23-21;/h7-14H,4-6,15-16H2,1-3H3,(H,22,23);1H/q+1;/p-1. The van der Waals surface area contributed by atoms with Gasteiger partial charge >= 0.3 is 0 Å². The Kier molecular flexibility index (Phi) is 7.46. The molecule has 1 heterocycles. The first-order chi connectivity index (χ1) is 12.2. The van der Waals surface area contributed by atoms with Crippen molar-refractivity contribution in [1.82, 2.24) is 9.97 Å². The summed E-state index contributed by atoms with van der Waals surface area (Å²) in [4.78, 5) is 8.00. The average Bonchev–Trinajstić information content (AvgIpc) is 3.10. The van der Waals surface area contributed by atoms with Gasteiger partial charge < -0.3 is 38.2 Å². The van der Waals surface area contributed by atoms with E-state index >= 15 is 0 Å². The fourth-order valence-corrected chi connectivity index (χ4v) is 3.30. The Balaban J connectivity index is 0.00000243. The van der Waals surface area contributed by atoms with E-state index in [1.807, 2.05) is 36.4 Å². The third kappa shape index (κ3) is 4.57. The zero-order valence-corrected chi connectivity index (χ0v) is 18.0. The summed E-state index contributed by atoms with van der Waals surface area (Å²) in [7, 11) is 0. The molecule has 3 aromatic rings. The third-order valence-corrected chi connectivity index (χ3v) is 5.36. The van der Waals surface area contributed by atoms with Gasteiger partial charge in [-0.1, -0.05) is 12.1 Å². The predicted octanol–water partition coefficient (Wildman–Crippen LogP) is 1.49. The Morgan fingerprint density at radius 3 is 2.19 bits per heavy atom. The molecule has 0 bridgehead atoms. The van der Waals surface area contributed by atoms with E-state index in [4.69, 9.17) is 4.74 Å². The van der Waals surface area contributed by atoms with Crippen LogP contribution in [0.2, 0.25) is 0 Å². The van der Waals surface area contributed by atoms with Crippen LogP contribution in [0.1, 0.15) is 20.8 Å². The zero-order chi connectivity index (χ0) is 17.7. The van der Waals surface area contributed by atoms with Crippen LogP contribution in [0.3, 0.4) is 0 Å². The van der Waals surface area contributed by atoms with Crippen LogP contribution < -0.4 is 28.7 Å². The quantitative estimate of drug-likeness (QED) is 0.405. The van der Waals surface area contributed by atoms with Gasteiger partial charge in [0, 0.05) is 5.56 Å². The number of imidazole rings is 1. The maximum absolute atomic E-state index is 5.97. The number of aromatic nitrogens is 2. The summed E-state index contributed by atoms with van der Waals surface area (Å²) in [6.07, 6.45) is 0. The Morgan fingerprint density at radius 2 is 1.58 bits per heavy atom. The molecule has 2 aromatic carbocycles. The van der Waals surface area contributed by atoms with Gasteiger partial charge in [0.15, 0.2) is 0 Å². The van der Waals surface area contributed by atoms with Crippen LogP contribution in [0, 0.1) is 0 Å². The van der Waals surface area contributed by atoms with Gasteiger partial charge in [0.25, 0.3) is 0 Å². The van der Waals surface area contributed by atoms with Crippen molar-refractivity contribution in [2.75, 3.05) is 32.8 Å². The highest BCUT2D eigenvalue weighted by atomic mass is 127. The number of nitrogens with zero attached hydrogens (tertiary/aromatic N) is 2. The molecule has 0 saturated carbocycles. The minimum absolute atomic E-state index is 0. The molecule has 0 saturated heterocycles. The van der Waals surface area contributed by atoms with E-state index in [-0.39, 0.29) is 24.0 Å². The van der Waals surface area contributed by atoms with Crippen molar-refractivity contribution in [3.63, 3.8) is 0 Å². The minimum atomic E-state index is 0. The zero-order valence-electron chi connectivity index (χ0n) is 15.8. The number of benzene rings is 2. The Bertz CT molecular complexity index is 768. The van der Waals surface area contributed by atoms with E-state index in [2.05, 4.69) is 42.9 Å². The lowest BCUT2D eigenvalue weighted by Crippen LogP contribution is -3.00. The van der Waals surface area contributed by atoms with Gasteiger partial charge in [-0.25, -0.2) is 4.98 Å². The summed E-state index contributed by atoms with van der Waals surface area (Å²) >= 11 is 0. The lowest BCUT2D eigenvalue weighted by Gasteiger charge is -2.35. The average molecular weight is 465 g/mol. The van der Waals surface area contributed by atoms with Crippen LogP contribution in [-0.4, -0.2) is 47.2 Å². The van der Waals surface area contributed by atoms with E-state index in [1.165, 1.54) is 0 Å². The van der Waals surface area contributed by atoms with Crippen molar-refractivity contribution >= 4 is 11.0 Å². The maximum atomic E-state index is 5.97. The van der Waals surface area contributed by atoms with Gasteiger partial charge in [0.2, 0.25) is 0 Å². The predicted molar refractivity (Wildman–Crippen MR) is 104 cm³/mol. The molecule has 1 aromatic heterocycles.